The molecule has 13 aromatic rings. The van der Waals surface area contributed by atoms with Gasteiger partial charge in [0.05, 0.1) is 0 Å². The van der Waals surface area contributed by atoms with Crippen molar-refractivity contribution in [3.8, 4) is 44.5 Å². The number of fused-ring (bicyclic) bond motifs is 6. The molecular formula is C84H66N4. The van der Waals surface area contributed by atoms with Gasteiger partial charge in [-0.1, -0.05) is 210 Å². The molecule has 0 aromatic heterocycles. The summed E-state index contributed by atoms with van der Waals surface area (Å²) in [6, 6.07) is 119. The fraction of sp³-hybridized carbons (Fsp3) is 0.0714. The SMILES string of the molecule is CC1(C)c2ccccc2-c2ccc(N(c3ccccc3)c3ccc(-c4ccc(N(c5ccccc5)c5ccc(-c6ccc(N(c7ccccc7)c7ccc(N(c8ccccc8)c8ccc9c(c8)C(C)(C)c8ccccc8-9)cc7)cc6)cc5)cc4)cc3)cc21. The molecule has 13 aromatic carbocycles. The molecule has 0 bridgehead atoms. The van der Waals surface area contributed by atoms with E-state index in [2.05, 4.69) is 375 Å². The second-order valence-corrected chi connectivity index (χ2v) is 24.2. The van der Waals surface area contributed by atoms with Gasteiger partial charge in [-0.05, 0) is 212 Å². The molecule has 0 spiro atoms. The minimum absolute atomic E-state index is 0.0943. The zero-order valence-corrected chi connectivity index (χ0v) is 50.0. The summed E-state index contributed by atoms with van der Waals surface area (Å²) >= 11 is 0. The number of nitrogens with zero attached hydrogens (tertiary/aromatic N) is 4. The Kier molecular flexibility index (Phi) is 13.5. The van der Waals surface area contributed by atoms with Gasteiger partial charge in [0.25, 0.3) is 0 Å². The van der Waals surface area contributed by atoms with Crippen LogP contribution in [0.2, 0.25) is 0 Å². The quantitative estimate of drug-likeness (QED) is 0.108. The number of rotatable bonds is 14. The van der Waals surface area contributed by atoms with Crippen LogP contribution in [-0.2, 0) is 10.8 Å². The number of para-hydroxylation sites is 4. The number of benzene rings is 13. The molecule has 0 atom stereocenters. The molecular weight excluding hydrogens is 1060 g/mol. The van der Waals surface area contributed by atoms with Gasteiger partial charge in [-0.15, -0.1) is 0 Å². The molecule has 0 saturated carbocycles. The van der Waals surface area contributed by atoms with E-state index >= 15 is 0 Å². The molecule has 0 heterocycles. The van der Waals surface area contributed by atoms with Gasteiger partial charge in [0.1, 0.15) is 0 Å². The van der Waals surface area contributed by atoms with Crippen molar-refractivity contribution < 1.29 is 0 Å². The first-order chi connectivity index (χ1) is 43.2. The van der Waals surface area contributed by atoms with E-state index in [-0.39, 0.29) is 10.8 Å². The third-order valence-electron chi connectivity index (χ3n) is 18.2. The maximum absolute atomic E-state index is 2.40. The Balaban J connectivity index is 0.686. The summed E-state index contributed by atoms with van der Waals surface area (Å²) in [4.78, 5) is 9.43. The van der Waals surface area contributed by atoms with E-state index in [1.165, 1.54) is 44.5 Å². The van der Waals surface area contributed by atoms with Crippen LogP contribution in [0.3, 0.4) is 0 Å². The van der Waals surface area contributed by atoms with E-state index < -0.39 is 0 Å². The highest BCUT2D eigenvalue weighted by Gasteiger charge is 2.37. The van der Waals surface area contributed by atoms with E-state index in [4.69, 9.17) is 0 Å². The normalized spacial score (nSPS) is 13.0. The predicted molar refractivity (Wildman–Crippen MR) is 371 cm³/mol. The highest BCUT2D eigenvalue weighted by Crippen LogP contribution is 2.53. The summed E-state index contributed by atoms with van der Waals surface area (Å²) in [6.07, 6.45) is 0. The predicted octanol–water partition coefficient (Wildman–Crippen LogP) is 23.5. The molecule has 422 valence electrons. The van der Waals surface area contributed by atoms with Gasteiger partial charge in [-0.3, -0.25) is 0 Å². The van der Waals surface area contributed by atoms with Gasteiger partial charge in [-0.25, -0.2) is 0 Å². The van der Waals surface area contributed by atoms with Crippen LogP contribution in [-0.4, -0.2) is 0 Å². The van der Waals surface area contributed by atoms with Gasteiger partial charge in [0.2, 0.25) is 0 Å². The maximum atomic E-state index is 2.40. The molecule has 0 radical (unpaired) electrons. The van der Waals surface area contributed by atoms with Crippen LogP contribution in [0, 0.1) is 0 Å². The summed E-state index contributed by atoms with van der Waals surface area (Å²) in [7, 11) is 0. The van der Waals surface area contributed by atoms with Crippen LogP contribution in [0.1, 0.15) is 49.9 Å². The van der Waals surface area contributed by atoms with Gasteiger partial charge < -0.3 is 19.6 Å². The van der Waals surface area contributed by atoms with Gasteiger partial charge in [0, 0.05) is 79.1 Å². The third kappa shape index (κ3) is 9.60. The topological polar surface area (TPSA) is 13.0 Å². The number of hydrogen-bond acceptors (Lipinski definition) is 4. The molecule has 0 amide bonds. The molecule has 2 aliphatic rings. The van der Waals surface area contributed by atoms with E-state index in [1.54, 1.807) is 0 Å². The molecule has 0 N–H and O–H groups in total. The first-order valence-electron chi connectivity index (χ1n) is 30.6. The largest absolute Gasteiger partial charge is 0.311 e. The molecule has 4 nitrogen and oxygen atoms in total. The fourth-order valence-electron chi connectivity index (χ4n) is 13.7. The monoisotopic (exact) mass is 1130 g/mol. The van der Waals surface area contributed by atoms with Crippen LogP contribution >= 0.6 is 0 Å². The fourth-order valence-corrected chi connectivity index (χ4v) is 13.7. The van der Waals surface area contributed by atoms with Crippen LogP contribution in [0.25, 0.3) is 44.5 Å². The van der Waals surface area contributed by atoms with Gasteiger partial charge in [-0.2, -0.15) is 0 Å². The smallest absolute Gasteiger partial charge is 0.0465 e. The Labute approximate surface area is 517 Å². The molecule has 0 fully saturated rings. The highest BCUT2D eigenvalue weighted by atomic mass is 15.2. The van der Waals surface area contributed by atoms with Crippen molar-refractivity contribution in [2.24, 2.45) is 0 Å². The lowest BCUT2D eigenvalue weighted by Crippen LogP contribution is -2.16. The Morgan fingerprint density at radius 2 is 0.364 bits per heavy atom. The third-order valence-corrected chi connectivity index (χ3v) is 18.2. The highest BCUT2D eigenvalue weighted by molar-refractivity contribution is 5.89. The van der Waals surface area contributed by atoms with Crippen LogP contribution < -0.4 is 19.6 Å². The van der Waals surface area contributed by atoms with Crippen molar-refractivity contribution in [1.29, 1.82) is 0 Å². The first-order valence-corrected chi connectivity index (χ1v) is 30.6. The lowest BCUT2D eigenvalue weighted by atomic mass is 9.82. The van der Waals surface area contributed by atoms with E-state index in [1.807, 2.05) is 0 Å². The van der Waals surface area contributed by atoms with Gasteiger partial charge in [0.15, 0.2) is 0 Å². The minimum Gasteiger partial charge on any atom is -0.311 e. The lowest BCUT2D eigenvalue weighted by Gasteiger charge is -2.29. The minimum atomic E-state index is -0.107. The van der Waals surface area contributed by atoms with Crippen molar-refractivity contribution in [1.82, 2.24) is 0 Å². The average molecular weight is 1130 g/mol. The van der Waals surface area contributed by atoms with Crippen molar-refractivity contribution in [2.75, 3.05) is 19.6 Å². The Morgan fingerprint density at radius 1 is 0.170 bits per heavy atom. The Morgan fingerprint density at radius 3 is 0.636 bits per heavy atom. The van der Waals surface area contributed by atoms with Crippen molar-refractivity contribution in [3.05, 3.63) is 350 Å². The second kappa shape index (κ2) is 22.2. The van der Waals surface area contributed by atoms with Crippen molar-refractivity contribution >= 4 is 68.2 Å². The van der Waals surface area contributed by atoms with E-state index in [9.17, 15) is 0 Å². The summed E-state index contributed by atoms with van der Waals surface area (Å²) in [5.41, 5.74) is 28.4. The molecule has 0 saturated heterocycles. The van der Waals surface area contributed by atoms with Crippen LogP contribution in [0.4, 0.5) is 68.2 Å². The average Bonchev–Trinajstić information content (AvgIpc) is 1.65. The Bertz CT molecular complexity index is 4620. The molecule has 4 heteroatoms. The Hall–Kier alpha value is -10.9. The van der Waals surface area contributed by atoms with Crippen molar-refractivity contribution in [2.45, 2.75) is 38.5 Å². The second-order valence-electron chi connectivity index (χ2n) is 24.2. The standard InChI is InChI=1S/C84H66N4/c1-83(2)79-31-19-17-29-75(79)77-55-53-73(57-81(77)83)87(65-25-13-7-14-26-65)70-47-39-62(40-48-70)61-35-43-68(44-36-61)85(63-21-9-5-10-22-63)67-41-33-59(34-42-67)60-37-45-69(46-38-60)86(64-23-11-6-12-24-64)71-49-51-72(52-50-71)88(66-27-15-8-16-28-66)74-54-56-78-76-30-18-20-32-80(76)84(3,4)82(78)58-74/h5-58H,1-4H3. The number of hydrogen-bond donors (Lipinski definition) is 0. The lowest BCUT2D eigenvalue weighted by molar-refractivity contribution is 0.660. The van der Waals surface area contributed by atoms with Crippen LogP contribution in [0.15, 0.2) is 328 Å². The van der Waals surface area contributed by atoms with Gasteiger partial charge >= 0.3 is 0 Å². The van der Waals surface area contributed by atoms with Crippen LogP contribution in [0.5, 0.6) is 0 Å². The molecule has 0 aliphatic heterocycles. The first kappa shape index (κ1) is 53.8. The zero-order valence-electron chi connectivity index (χ0n) is 50.0. The van der Waals surface area contributed by atoms with E-state index in [0.29, 0.717) is 0 Å². The van der Waals surface area contributed by atoms with Crippen molar-refractivity contribution in [3.63, 3.8) is 0 Å². The number of anilines is 12. The maximum Gasteiger partial charge on any atom is 0.0465 e. The molecule has 2 aliphatic carbocycles. The molecule has 15 rings (SSSR count). The van der Waals surface area contributed by atoms with E-state index in [0.717, 1.165) is 90.5 Å². The summed E-state index contributed by atoms with van der Waals surface area (Å²) in [6.45, 7) is 9.39. The summed E-state index contributed by atoms with van der Waals surface area (Å²) in [5, 5.41) is 0. The summed E-state index contributed by atoms with van der Waals surface area (Å²) < 4.78 is 0. The summed E-state index contributed by atoms with van der Waals surface area (Å²) in [5.74, 6) is 0. The molecule has 88 heavy (non-hydrogen) atoms. The zero-order chi connectivity index (χ0) is 59.3. The molecule has 0 unspecified atom stereocenters.